The van der Waals surface area contributed by atoms with Gasteiger partial charge in [0, 0.05) is 0 Å². The van der Waals surface area contributed by atoms with Crippen LogP contribution in [-0.2, 0) is 0 Å². The number of aromatic carboxylic acids is 1. The largest absolute Gasteiger partial charge is 1.00 e. The average molecular weight is 214 g/mol. The van der Waals surface area contributed by atoms with E-state index in [0.717, 1.165) is 0 Å². The fraction of sp³-hybridized carbons (Fsp3) is 0. The summed E-state index contributed by atoms with van der Waals surface area (Å²) in [5.41, 5.74) is 0.0532. The van der Waals surface area contributed by atoms with Crippen molar-refractivity contribution in [2.75, 3.05) is 0 Å². The van der Waals surface area contributed by atoms with Crippen molar-refractivity contribution in [1.82, 2.24) is 10.1 Å². The van der Waals surface area contributed by atoms with Crippen molar-refractivity contribution >= 4 is 5.97 Å². The maximum absolute atomic E-state index is 13.2. The second-order valence-corrected chi connectivity index (χ2v) is 2.69. The molecule has 1 aromatic carbocycles. The summed E-state index contributed by atoms with van der Waals surface area (Å²) in [7, 11) is 0. The van der Waals surface area contributed by atoms with Crippen LogP contribution in [0.5, 0.6) is 0 Å². The van der Waals surface area contributed by atoms with Gasteiger partial charge in [-0.3, -0.25) is 0 Å². The quantitative estimate of drug-likeness (QED) is 0.506. The average Bonchev–Trinajstić information content (AvgIpc) is 2.67. The molecule has 0 saturated carbocycles. The first-order chi connectivity index (χ1) is 7.18. The van der Waals surface area contributed by atoms with Crippen molar-refractivity contribution < 1.29 is 37.7 Å². The second kappa shape index (κ2) is 4.92. The Morgan fingerprint density at radius 1 is 1.38 bits per heavy atom. The van der Waals surface area contributed by atoms with E-state index in [0.29, 0.717) is 0 Å². The molecule has 0 aliphatic heterocycles. The normalized spacial score (nSPS) is 9.56. The fourth-order valence-electron chi connectivity index (χ4n) is 1.05. The number of benzene rings is 1. The van der Waals surface area contributed by atoms with E-state index in [9.17, 15) is 14.3 Å². The van der Waals surface area contributed by atoms with Gasteiger partial charge < -0.3 is 14.4 Å². The maximum Gasteiger partial charge on any atom is 1.00 e. The molecule has 76 valence electrons. The van der Waals surface area contributed by atoms with Crippen LogP contribution in [0, 0.1) is 5.82 Å². The molecule has 2 rings (SSSR count). The number of hydrogen-bond acceptors (Lipinski definition) is 5. The van der Waals surface area contributed by atoms with Gasteiger partial charge in [-0.2, -0.15) is 4.98 Å². The zero-order valence-corrected chi connectivity index (χ0v) is 8.31. The molecule has 0 radical (unpaired) electrons. The predicted molar refractivity (Wildman–Crippen MR) is 44.0 cm³/mol. The van der Waals surface area contributed by atoms with Crippen LogP contribution in [0.1, 0.15) is 10.6 Å². The molecule has 7 heteroatoms. The topological polar surface area (TPSA) is 79.0 Å². The summed E-state index contributed by atoms with van der Waals surface area (Å²) in [6.45, 7) is 0. The zero-order chi connectivity index (χ0) is 10.8. The Labute approximate surface area is 101 Å². The summed E-state index contributed by atoms with van der Waals surface area (Å²) >= 11 is 0. The molecule has 16 heavy (non-hydrogen) atoms. The minimum atomic E-state index is -1.57. The predicted octanol–water partition coefficient (Wildman–Crippen LogP) is -2.76. The van der Waals surface area contributed by atoms with E-state index in [2.05, 4.69) is 14.7 Å². The second-order valence-electron chi connectivity index (χ2n) is 2.69. The zero-order valence-electron chi connectivity index (χ0n) is 8.31. The van der Waals surface area contributed by atoms with Crippen molar-refractivity contribution in [3.63, 3.8) is 0 Å². The molecule has 0 spiro atoms. The van der Waals surface area contributed by atoms with Gasteiger partial charge in [-0.25, -0.2) is 4.39 Å². The third-order valence-electron chi connectivity index (χ3n) is 1.71. The van der Waals surface area contributed by atoms with Crippen molar-refractivity contribution in [3.8, 4) is 11.5 Å². The van der Waals surface area contributed by atoms with Gasteiger partial charge in [-0.15, -0.1) is 0 Å². The first-order valence-corrected chi connectivity index (χ1v) is 3.98. The summed E-state index contributed by atoms with van der Waals surface area (Å²) in [4.78, 5) is 13.8. The summed E-state index contributed by atoms with van der Waals surface area (Å²) in [5.74, 6) is -2.92. The van der Waals surface area contributed by atoms with Gasteiger partial charge in [0.15, 0.2) is 0 Å². The SMILES string of the molecule is O=C([O-])c1noc(-c2ccccc2F)n1.[Li+]. The van der Waals surface area contributed by atoms with Crippen LogP contribution in [-0.4, -0.2) is 16.1 Å². The summed E-state index contributed by atoms with van der Waals surface area (Å²) in [6, 6.07) is 5.68. The van der Waals surface area contributed by atoms with Crippen LogP contribution < -0.4 is 24.0 Å². The third-order valence-corrected chi connectivity index (χ3v) is 1.71. The van der Waals surface area contributed by atoms with Gasteiger partial charge in [0.1, 0.15) is 11.8 Å². The number of carbonyl (C=O) groups is 1. The molecular formula is C9H4FLiN2O3. The number of rotatable bonds is 2. The van der Waals surface area contributed by atoms with Crippen molar-refractivity contribution in [2.24, 2.45) is 0 Å². The van der Waals surface area contributed by atoms with Crippen molar-refractivity contribution in [2.45, 2.75) is 0 Å². The molecule has 0 atom stereocenters. The molecule has 0 aliphatic rings. The van der Waals surface area contributed by atoms with Crippen LogP contribution in [0.4, 0.5) is 4.39 Å². The molecule has 0 amide bonds. The van der Waals surface area contributed by atoms with Crippen LogP contribution in [0.15, 0.2) is 28.8 Å². The standard InChI is InChI=1S/C9H5FN2O3.Li/c10-6-4-2-1-3-5(6)8-11-7(9(13)14)12-15-8;/h1-4H,(H,13,14);/q;+1/p-1. The maximum atomic E-state index is 13.2. The molecule has 1 aromatic heterocycles. The molecule has 0 bridgehead atoms. The molecule has 2 aromatic rings. The number of hydrogen-bond donors (Lipinski definition) is 0. The Hall–Kier alpha value is -1.64. The Kier molecular flexibility index (Phi) is 3.82. The molecular weight excluding hydrogens is 210 g/mol. The van der Waals surface area contributed by atoms with Crippen LogP contribution in [0.2, 0.25) is 0 Å². The van der Waals surface area contributed by atoms with E-state index >= 15 is 0 Å². The van der Waals surface area contributed by atoms with E-state index in [1.807, 2.05) is 0 Å². The minimum absolute atomic E-state index is 0. The van der Waals surface area contributed by atoms with Gasteiger partial charge in [-0.05, 0) is 12.1 Å². The van der Waals surface area contributed by atoms with Crippen LogP contribution in [0.25, 0.3) is 11.5 Å². The Morgan fingerprint density at radius 3 is 2.62 bits per heavy atom. The van der Waals surface area contributed by atoms with Gasteiger partial charge in [0.25, 0.3) is 5.89 Å². The molecule has 0 unspecified atom stereocenters. The number of halogens is 1. The van der Waals surface area contributed by atoms with Gasteiger partial charge in [0.2, 0.25) is 5.82 Å². The minimum Gasteiger partial charge on any atom is -0.541 e. The van der Waals surface area contributed by atoms with Crippen LogP contribution in [0.3, 0.4) is 0 Å². The molecule has 0 N–H and O–H groups in total. The number of carboxylic acid groups (broad SMARTS) is 1. The Morgan fingerprint density at radius 2 is 2.06 bits per heavy atom. The number of carbonyl (C=O) groups excluding carboxylic acids is 1. The fourth-order valence-corrected chi connectivity index (χ4v) is 1.05. The van der Waals surface area contributed by atoms with E-state index in [4.69, 9.17) is 0 Å². The third kappa shape index (κ3) is 2.29. The van der Waals surface area contributed by atoms with E-state index in [-0.39, 0.29) is 30.3 Å². The van der Waals surface area contributed by atoms with E-state index in [1.54, 1.807) is 6.07 Å². The molecule has 0 fully saturated rings. The molecule has 0 saturated heterocycles. The molecule has 1 heterocycles. The van der Waals surface area contributed by atoms with Gasteiger partial charge in [-0.1, -0.05) is 17.3 Å². The summed E-state index contributed by atoms with van der Waals surface area (Å²) in [6.07, 6.45) is 0. The summed E-state index contributed by atoms with van der Waals surface area (Å²) < 4.78 is 17.8. The first kappa shape index (κ1) is 12.4. The van der Waals surface area contributed by atoms with Gasteiger partial charge >= 0.3 is 18.9 Å². The summed E-state index contributed by atoms with van der Waals surface area (Å²) in [5, 5.41) is 13.5. The van der Waals surface area contributed by atoms with Gasteiger partial charge in [0.05, 0.1) is 5.56 Å². The Bertz CT molecular complexity index is 515. The number of aromatic nitrogens is 2. The molecule has 5 nitrogen and oxygen atoms in total. The van der Waals surface area contributed by atoms with Crippen LogP contribution >= 0.6 is 0 Å². The van der Waals surface area contributed by atoms with Crippen molar-refractivity contribution in [1.29, 1.82) is 0 Å². The number of nitrogens with zero attached hydrogens (tertiary/aromatic N) is 2. The van der Waals surface area contributed by atoms with Crippen molar-refractivity contribution in [3.05, 3.63) is 35.9 Å². The first-order valence-electron chi connectivity index (χ1n) is 3.98. The monoisotopic (exact) mass is 214 g/mol. The number of carboxylic acids is 1. The smallest absolute Gasteiger partial charge is 0.541 e. The van der Waals surface area contributed by atoms with E-state index < -0.39 is 17.6 Å². The Balaban J connectivity index is 0.00000128. The molecule has 0 aliphatic carbocycles. The van der Waals surface area contributed by atoms with E-state index in [1.165, 1.54) is 18.2 Å².